The van der Waals surface area contributed by atoms with Crippen LogP contribution >= 0.6 is 0 Å². The molecule has 0 aliphatic rings. The number of fused-ring (bicyclic) bond motifs is 1. The topological polar surface area (TPSA) is 49.0 Å². The van der Waals surface area contributed by atoms with Crippen LogP contribution in [0.25, 0.3) is 10.9 Å². The van der Waals surface area contributed by atoms with E-state index in [9.17, 15) is 0 Å². The number of aryl methyl sites for hydroxylation is 2. The number of aromatic nitrogens is 1. The molecule has 0 saturated carbocycles. The van der Waals surface area contributed by atoms with Crippen molar-refractivity contribution in [3.63, 3.8) is 0 Å². The van der Waals surface area contributed by atoms with Gasteiger partial charge < -0.3 is 16.0 Å². The molecule has 0 aliphatic heterocycles. The molecule has 4 nitrogen and oxygen atoms in total. The molecule has 0 fully saturated rings. The summed E-state index contributed by atoms with van der Waals surface area (Å²) in [6, 6.07) is 14.8. The van der Waals surface area contributed by atoms with Crippen molar-refractivity contribution in [2.45, 2.75) is 27.2 Å². The Balaban J connectivity index is 1.83. The largest absolute Gasteiger partial charge is 0.385 e. The molecule has 0 radical (unpaired) electrons. The third-order valence-electron chi connectivity index (χ3n) is 4.79. The van der Waals surface area contributed by atoms with Gasteiger partial charge in [-0.05, 0) is 76.2 Å². The van der Waals surface area contributed by atoms with Gasteiger partial charge in [-0.25, -0.2) is 0 Å². The Bertz CT molecular complexity index is 885. The lowest BCUT2D eigenvalue weighted by Crippen LogP contribution is -2.12. The quantitative estimate of drug-likeness (QED) is 0.530. The van der Waals surface area contributed by atoms with Gasteiger partial charge >= 0.3 is 0 Å². The Morgan fingerprint density at radius 1 is 0.885 bits per heavy atom. The molecule has 4 heteroatoms. The van der Waals surface area contributed by atoms with E-state index in [1.165, 1.54) is 16.5 Å². The number of benzene rings is 2. The summed E-state index contributed by atoms with van der Waals surface area (Å²) < 4.78 is 0. The second kappa shape index (κ2) is 8.19. The second-order valence-electron chi connectivity index (χ2n) is 6.75. The summed E-state index contributed by atoms with van der Waals surface area (Å²) in [6.07, 6.45) is 1.11. The Kier molecular flexibility index (Phi) is 5.74. The molecule has 0 spiro atoms. The van der Waals surface area contributed by atoms with Gasteiger partial charge in [0.05, 0.1) is 11.2 Å². The molecular formula is C22H28N4. The highest BCUT2D eigenvalue weighted by Gasteiger charge is 2.11. The molecule has 1 heterocycles. The van der Waals surface area contributed by atoms with Gasteiger partial charge in [0.25, 0.3) is 0 Å². The van der Waals surface area contributed by atoms with Gasteiger partial charge in [-0.15, -0.1) is 0 Å². The Hall–Kier alpha value is -2.59. The lowest BCUT2D eigenvalue weighted by Gasteiger charge is -2.16. The van der Waals surface area contributed by atoms with Crippen molar-refractivity contribution in [3.8, 4) is 0 Å². The van der Waals surface area contributed by atoms with Gasteiger partial charge in [0.1, 0.15) is 0 Å². The van der Waals surface area contributed by atoms with E-state index >= 15 is 0 Å². The highest BCUT2D eigenvalue weighted by Crippen LogP contribution is 2.32. The van der Waals surface area contributed by atoms with Gasteiger partial charge in [0, 0.05) is 29.0 Å². The number of hydrogen-bond donors (Lipinski definition) is 3. The van der Waals surface area contributed by atoms with Crippen molar-refractivity contribution >= 4 is 28.0 Å². The predicted molar refractivity (Wildman–Crippen MR) is 113 cm³/mol. The molecule has 2 aromatic carbocycles. The summed E-state index contributed by atoms with van der Waals surface area (Å²) in [5.74, 6) is 0. The minimum atomic E-state index is 0.972. The van der Waals surface area contributed by atoms with Crippen LogP contribution in [-0.2, 0) is 0 Å². The fraction of sp³-hybridized carbons (Fsp3) is 0.318. The van der Waals surface area contributed by atoms with E-state index in [-0.39, 0.29) is 0 Å². The summed E-state index contributed by atoms with van der Waals surface area (Å²) in [4.78, 5) is 4.78. The van der Waals surface area contributed by atoms with E-state index in [0.717, 1.165) is 47.8 Å². The number of hydrogen-bond acceptors (Lipinski definition) is 4. The van der Waals surface area contributed by atoms with Crippen LogP contribution in [0.1, 0.15) is 23.2 Å². The average Bonchev–Trinajstić information content (AvgIpc) is 2.65. The molecule has 0 saturated heterocycles. The standard InChI is InChI=1S/C22H28N4/c1-15-7-5-8-20-21(15)25-17(3)16(2)22(20)26-19-11-9-18(10-12-19)24-14-6-13-23-4/h5,7-12,23-24H,6,13-14H2,1-4H3,(H,25,26). The normalized spacial score (nSPS) is 10.9. The maximum atomic E-state index is 4.78. The number of nitrogens with one attached hydrogen (secondary N) is 3. The molecule has 136 valence electrons. The van der Waals surface area contributed by atoms with E-state index in [2.05, 4.69) is 79.2 Å². The number of nitrogens with zero attached hydrogens (tertiary/aromatic N) is 1. The first-order valence-corrected chi connectivity index (χ1v) is 9.22. The van der Waals surface area contributed by atoms with Crippen LogP contribution in [0.4, 0.5) is 17.1 Å². The van der Waals surface area contributed by atoms with Gasteiger partial charge in [-0.1, -0.05) is 18.2 Å². The van der Waals surface area contributed by atoms with Crippen LogP contribution in [0.5, 0.6) is 0 Å². The third kappa shape index (κ3) is 3.97. The maximum Gasteiger partial charge on any atom is 0.0755 e. The van der Waals surface area contributed by atoms with Crippen molar-refractivity contribution in [2.75, 3.05) is 30.8 Å². The molecule has 0 amide bonds. The minimum Gasteiger partial charge on any atom is -0.385 e. The fourth-order valence-electron chi connectivity index (χ4n) is 3.12. The maximum absolute atomic E-state index is 4.78. The van der Waals surface area contributed by atoms with Crippen LogP contribution in [0.3, 0.4) is 0 Å². The SMILES string of the molecule is CNCCCNc1ccc(Nc2c(C)c(C)nc3c(C)cccc23)cc1. The summed E-state index contributed by atoms with van der Waals surface area (Å²) in [5.41, 5.74) is 7.91. The molecule has 0 bridgehead atoms. The lowest BCUT2D eigenvalue weighted by atomic mass is 10.0. The first kappa shape index (κ1) is 18.2. The average molecular weight is 348 g/mol. The zero-order chi connectivity index (χ0) is 18.5. The van der Waals surface area contributed by atoms with Crippen molar-refractivity contribution in [2.24, 2.45) is 0 Å². The summed E-state index contributed by atoms with van der Waals surface area (Å²) >= 11 is 0. The van der Waals surface area contributed by atoms with E-state index < -0.39 is 0 Å². The van der Waals surface area contributed by atoms with Crippen LogP contribution in [-0.4, -0.2) is 25.1 Å². The van der Waals surface area contributed by atoms with Crippen molar-refractivity contribution in [1.29, 1.82) is 0 Å². The van der Waals surface area contributed by atoms with Gasteiger partial charge in [0.15, 0.2) is 0 Å². The molecule has 3 N–H and O–H groups in total. The van der Waals surface area contributed by atoms with Crippen LogP contribution < -0.4 is 16.0 Å². The van der Waals surface area contributed by atoms with Crippen LogP contribution in [0.15, 0.2) is 42.5 Å². The number of pyridine rings is 1. The molecule has 0 aliphatic carbocycles. The summed E-state index contributed by atoms with van der Waals surface area (Å²) in [5, 5.41) is 11.4. The Morgan fingerprint density at radius 2 is 1.62 bits per heavy atom. The molecular weight excluding hydrogens is 320 g/mol. The number of anilines is 3. The van der Waals surface area contributed by atoms with E-state index in [1.54, 1.807) is 0 Å². The van der Waals surface area contributed by atoms with Gasteiger partial charge in [-0.3, -0.25) is 4.98 Å². The molecule has 3 aromatic rings. The predicted octanol–water partition coefficient (Wildman–Crippen LogP) is 4.93. The zero-order valence-corrected chi connectivity index (χ0v) is 16.1. The van der Waals surface area contributed by atoms with Gasteiger partial charge in [0.2, 0.25) is 0 Å². The van der Waals surface area contributed by atoms with Gasteiger partial charge in [-0.2, -0.15) is 0 Å². The Labute approximate surface area is 156 Å². The zero-order valence-electron chi connectivity index (χ0n) is 16.1. The van der Waals surface area contributed by atoms with E-state index in [1.807, 2.05) is 7.05 Å². The fourth-order valence-corrected chi connectivity index (χ4v) is 3.12. The first-order chi connectivity index (χ1) is 12.6. The minimum absolute atomic E-state index is 0.972. The smallest absolute Gasteiger partial charge is 0.0755 e. The van der Waals surface area contributed by atoms with Crippen LogP contribution in [0, 0.1) is 20.8 Å². The second-order valence-corrected chi connectivity index (χ2v) is 6.75. The van der Waals surface area contributed by atoms with Crippen molar-refractivity contribution in [1.82, 2.24) is 10.3 Å². The molecule has 0 atom stereocenters. The number of rotatable bonds is 7. The van der Waals surface area contributed by atoms with E-state index in [0.29, 0.717) is 0 Å². The molecule has 1 aromatic heterocycles. The first-order valence-electron chi connectivity index (χ1n) is 9.22. The van der Waals surface area contributed by atoms with Crippen molar-refractivity contribution < 1.29 is 0 Å². The monoisotopic (exact) mass is 348 g/mol. The highest BCUT2D eigenvalue weighted by atomic mass is 14.9. The highest BCUT2D eigenvalue weighted by molar-refractivity contribution is 5.96. The Morgan fingerprint density at radius 3 is 2.35 bits per heavy atom. The van der Waals surface area contributed by atoms with Crippen molar-refractivity contribution in [3.05, 3.63) is 59.3 Å². The lowest BCUT2D eigenvalue weighted by molar-refractivity contribution is 0.748. The molecule has 0 unspecified atom stereocenters. The molecule has 26 heavy (non-hydrogen) atoms. The van der Waals surface area contributed by atoms with E-state index in [4.69, 9.17) is 4.98 Å². The third-order valence-corrected chi connectivity index (χ3v) is 4.79. The summed E-state index contributed by atoms with van der Waals surface area (Å²) in [7, 11) is 1.98. The number of para-hydroxylation sites is 1. The summed E-state index contributed by atoms with van der Waals surface area (Å²) in [6.45, 7) is 8.32. The molecule has 3 rings (SSSR count). The van der Waals surface area contributed by atoms with Crippen LogP contribution in [0.2, 0.25) is 0 Å².